The quantitative estimate of drug-likeness (QED) is 0.440. The first-order valence-corrected chi connectivity index (χ1v) is 9.72. The predicted octanol–water partition coefficient (Wildman–Crippen LogP) is 3.31. The lowest BCUT2D eigenvalue weighted by Crippen LogP contribution is -2.22. The molecule has 1 N–H and O–H groups in total. The van der Waals surface area contributed by atoms with E-state index in [2.05, 4.69) is 5.32 Å². The number of nitrogens with one attached hydrogen (secondary N) is 1. The summed E-state index contributed by atoms with van der Waals surface area (Å²) in [5.41, 5.74) is 1.90. The average molecular weight is 398 g/mol. The van der Waals surface area contributed by atoms with Crippen molar-refractivity contribution in [2.45, 2.75) is 4.90 Å². The number of amides is 2. The molecule has 0 aliphatic rings. The van der Waals surface area contributed by atoms with E-state index in [1.54, 1.807) is 56.2 Å². The van der Waals surface area contributed by atoms with Crippen LogP contribution in [0.2, 0.25) is 0 Å². The highest BCUT2D eigenvalue weighted by Crippen LogP contribution is 2.15. The summed E-state index contributed by atoms with van der Waals surface area (Å²) in [5, 5.41) is 2.61. The van der Waals surface area contributed by atoms with Gasteiger partial charge in [-0.05, 0) is 54.3 Å². The van der Waals surface area contributed by atoms with Crippen LogP contribution in [0.1, 0.15) is 15.9 Å². The van der Waals surface area contributed by atoms with Crippen LogP contribution in [0.15, 0.2) is 59.5 Å². The summed E-state index contributed by atoms with van der Waals surface area (Å²) in [4.78, 5) is 38.1. The fraction of sp³-hybridized carbons (Fsp3) is 0.190. The van der Waals surface area contributed by atoms with Crippen molar-refractivity contribution < 1.29 is 19.1 Å². The normalized spacial score (nSPS) is 10.5. The molecular weight excluding hydrogens is 376 g/mol. The van der Waals surface area contributed by atoms with Crippen LogP contribution < -0.4 is 5.32 Å². The number of nitrogens with zero attached hydrogens (tertiary/aromatic N) is 1. The lowest BCUT2D eigenvalue weighted by atomic mass is 10.2. The number of hydrogen-bond donors (Lipinski definition) is 1. The molecule has 0 aliphatic heterocycles. The van der Waals surface area contributed by atoms with Crippen molar-refractivity contribution in [3.63, 3.8) is 0 Å². The largest absolute Gasteiger partial charge is 0.452 e. The summed E-state index contributed by atoms with van der Waals surface area (Å²) in [7, 11) is 3.33. The number of benzene rings is 2. The number of esters is 1. The molecule has 0 bridgehead atoms. The molecule has 0 unspecified atom stereocenters. The van der Waals surface area contributed by atoms with Gasteiger partial charge in [-0.2, -0.15) is 0 Å². The Morgan fingerprint density at radius 2 is 1.68 bits per heavy atom. The van der Waals surface area contributed by atoms with Crippen molar-refractivity contribution >= 4 is 41.3 Å². The second-order valence-corrected chi connectivity index (χ2v) is 6.92. The topological polar surface area (TPSA) is 75.7 Å². The van der Waals surface area contributed by atoms with Crippen molar-refractivity contribution in [3.8, 4) is 0 Å². The minimum absolute atomic E-state index is 0.123. The Morgan fingerprint density at radius 1 is 1.04 bits per heavy atom. The molecule has 0 saturated heterocycles. The van der Waals surface area contributed by atoms with E-state index in [-0.39, 0.29) is 5.91 Å². The molecule has 0 radical (unpaired) electrons. The summed E-state index contributed by atoms with van der Waals surface area (Å²) in [6, 6.07) is 14.2. The van der Waals surface area contributed by atoms with Crippen molar-refractivity contribution in [2.75, 3.05) is 32.3 Å². The molecule has 6 nitrogen and oxygen atoms in total. The number of carbonyl (C=O) groups is 3. The molecule has 7 heteroatoms. The van der Waals surface area contributed by atoms with Gasteiger partial charge in [-0.1, -0.05) is 12.1 Å². The van der Waals surface area contributed by atoms with Crippen molar-refractivity contribution in [1.82, 2.24) is 4.90 Å². The third-order valence-electron chi connectivity index (χ3n) is 3.69. The molecule has 2 aromatic rings. The van der Waals surface area contributed by atoms with E-state index >= 15 is 0 Å². The van der Waals surface area contributed by atoms with Gasteiger partial charge in [0.25, 0.3) is 11.8 Å². The smallest absolute Gasteiger partial charge is 0.331 e. The lowest BCUT2D eigenvalue weighted by Gasteiger charge is -2.11. The Morgan fingerprint density at radius 3 is 2.25 bits per heavy atom. The molecular formula is C21H22N2O4S. The van der Waals surface area contributed by atoms with Crippen LogP contribution in [0.25, 0.3) is 6.08 Å². The average Bonchev–Trinajstić information content (AvgIpc) is 2.71. The molecule has 0 heterocycles. The first-order valence-electron chi connectivity index (χ1n) is 8.49. The molecule has 146 valence electrons. The van der Waals surface area contributed by atoms with E-state index in [1.807, 2.05) is 30.5 Å². The van der Waals surface area contributed by atoms with Crippen LogP contribution in [-0.4, -0.2) is 49.6 Å². The van der Waals surface area contributed by atoms with Gasteiger partial charge in [-0.25, -0.2) is 4.79 Å². The summed E-state index contributed by atoms with van der Waals surface area (Å²) in [6.07, 6.45) is 4.90. The summed E-state index contributed by atoms with van der Waals surface area (Å²) in [6.45, 7) is -0.396. The number of hydrogen-bond acceptors (Lipinski definition) is 5. The van der Waals surface area contributed by atoms with E-state index in [1.165, 1.54) is 11.0 Å². The zero-order chi connectivity index (χ0) is 20.5. The van der Waals surface area contributed by atoms with Crippen LogP contribution in [0, 0.1) is 0 Å². The van der Waals surface area contributed by atoms with E-state index in [0.29, 0.717) is 11.3 Å². The van der Waals surface area contributed by atoms with Gasteiger partial charge in [0.1, 0.15) is 0 Å². The zero-order valence-corrected chi connectivity index (χ0v) is 16.8. The molecule has 0 spiro atoms. The summed E-state index contributed by atoms with van der Waals surface area (Å²) >= 11 is 1.64. The van der Waals surface area contributed by atoms with Crippen LogP contribution in [-0.2, 0) is 14.3 Å². The Bertz CT molecular complexity index is 859. The van der Waals surface area contributed by atoms with Gasteiger partial charge in [0.2, 0.25) is 0 Å². The maximum Gasteiger partial charge on any atom is 0.331 e. The van der Waals surface area contributed by atoms with E-state index < -0.39 is 18.5 Å². The molecule has 0 saturated carbocycles. The summed E-state index contributed by atoms with van der Waals surface area (Å²) < 4.78 is 4.93. The number of anilines is 1. The Labute approximate surface area is 168 Å². The molecule has 0 aliphatic carbocycles. The number of thioether (sulfide) groups is 1. The molecule has 28 heavy (non-hydrogen) atoms. The Balaban J connectivity index is 1.80. The van der Waals surface area contributed by atoms with Crippen molar-refractivity contribution in [2.24, 2.45) is 0 Å². The fourth-order valence-electron chi connectivity index (χ4n) is 2.22. The molecule has 0 atom stereocenters. The maximum atomic E-state index is 11.9. The Kier molecular flexibility index (Phi) is 7.83. The van der Waals surface area contributed by atoms with Gasteiger partial charge in [0, 0.05) is 36.3 Å². The van der Waals surface area contributed by atoms with Gasteiger partial charge in [0.15, 0.2) is 6.61 Å². The highest BCUT2D eigenvalue weighted by atomic mass is 32.2. The second kappa shape index (κ2) is 10.3. The first-order chi connectivity index (χ1) is 13.4. The maximum absolute atomic E-state index is 11.9. The molecule has 0 aromatic heterocycles. The van der Waals surface area contributed by atoms with Gasteiger partial charge in [-0.3, -0.25) is 9.59 Å². The Hall–Kier alpha value is -3.06. The fourth-order valence-corrected chi connectivity index (χ4v) is 2.62. The van der Waals surface area contributed by atoms with Crippen molar-refractivity contribution in [3.05, 3.63) is 65.7 Å². The van der Waals surface area contributed by atoms with Crippen LogP contribution in [0.5, 0.6) is 0 Å². The molecule has 0 fully saturated rings. The summed E-state index contributed by atoms with van der Waals surface area (Å²) in [5.74, 6) is -1.18. The van der Waals surface area contributed by atoms with E-state index in [4.69, 9.17) is 4.74 Å². The first kappa shape index (κ1) is 21.2. The minimum atomic E-state index is -0.601. The number of carbonyl (C=O) groups excluding carboxylic acids is 3. The standard InChI is InChI=1S/C21H22N2O4S/c1-23(2)21(26)16-7-9-17(10-8-16)22-19(24)14-27-20(25)13-6-15-4-11-18(28-3)12-5-15/h4-13H,14H2,1-3H3,(H,22,24)/b13-6+. The van der Waals surface area contributed by atoms with Crippen LogP contribution in [0.3, 0.4) is 0 Å². The second-order valence-electron chi connectivity index (χ2n) is 6.04. The van der Waals surface area contributed by atoms with E-state index in [0.717, 1.165) is 10.5 Å². The highest BCUT2D eigenvalue weighted by Gasteiger charge is 2.09. The van der Waals surface area contributed by atoms with Gasteiger partial charge in [-0.15, -0.1) is 11.8 Å². The number of rotatable bonds is 7. The van der Waals surface area contributed by atoms with Crippen LogP contribution >= 0.6 is 11.8 Å². The van der Waals surface area contributed by atoms with Crippen molar-refractivity contribution in [1.29, 1.82) is 0 Å². The third kappa shape index (κ3) is 6.59. The predicted molar refractivity (Wildman–Crippen MR) is 111 cm³/mol. The molecule has 2 amide bonds. The molecule has 2 aromatic carbocycles. The van der Waals surface area contributed by atoms with Gasteiger partial charge in [0.05, 0.1) is 0 Å². The lowest BCUT2D eigenvalue weighted by molar-refractivity contribution is -0.142. The SMILES string of the molecule is CSc1ccc(/C=C/C(=O)OCC(=O)Nc2ccc(C(=O)N(C)C)cc2)cc1. The van der Waals surface area contributed by atoms with Crippen LogP contribution in [0.4, 0.5) is 5.69 Å². The monoisotopic (exact) mass is 398 g/mol. The van der Waals surface area contributed by atoms with Gasteiger partial charge < -0.3 is 15.0 Å². The van der Waals surface area contributed by atoms with Gasteiger partial charge >= 0.3 is 5.97 Å². The minimum Gasteiger partial charge on any atom is -0.452 e. The third-order valence-corrected chi connectivity index (χ3v) is 4.44. The molecule has 2 rings (SSSR count). The van der Waals surface area contributed by atoms with E-state index in [9.17, 15) is 14.4 Å². The zero-order valence-electron chi connectivity index (χ0n) is 16.0. The highest BCUT2D eigenvalue weighted by molar-refractivity contribution is 7.98. The number of ether oxygens (including phenoxy) is 1.